The van der Waals surface area contributed by atoms with Crippen molar-refractivity contribution in [2.45, 2.75) is 74.4 Å². The summed E-state index contributed by atoms with van der Waals surface area (Å²) in [6, 6.07) is 9.74. The molecule has 160 valence electrons. The first-order valence-corrected chi connectivity index (χ1v) is 12.7. The van der Waals surface area contributed by atoms with Crippen LogP contribution >= 0.6 is 11.8 Å². The lowest BCUT2D eigenvalue weighted by Gasteiger charge is -2.39. The number of likely N-dealkylation sites (tertiary alicyclic amines) is 2. The number of anilines is 1. The van der Waals surface area contributed by atoms with E-state index >= 15 is 0 Å². The monoisotopic (exact) mass is 415 g/mol. The van der Waals surface area contributed by atoms with Gasteiger partial charge in [-0.3, -0.25) is 0 Å². The minimum atomic E-state index is 0.193. The van der Waals surface area contributed by atoms with Gasteiger partial charge in [0.25, 0.3) is 0 Å². The standard InChI is InChI=1S/C23H37N5S/c1-29-22-11-5-4-10-21(22)26-23(25-20-9-3-2-8-19(20)24)28-16-12-18(13-17-28)27-14-6-7-15-27/h4-5,10-11,18-20H,2-3,6-9,12-17,24H2,1H3,(H,25,26)/t19-,20-/m0/s1. The van der Waals surface area contributed by atoms with Gasteiger partial charge in [0, 0.05) is 30.1 Å². The molecule has 3 fully saturated rings. The molecule has 2 heterocycles. The van der Waals surface area contributed by atoms with Crippen molar-refractivity contribution in [2.75, 3.05) is 37.8 Å². The van der Waals surface area contributed by atoms with E-state index in [1.54, 1.807) is 11.8 Å². The van der Waals surface area contributed by atoms with E-state index in [1.807, 2.05) is 0 Å². The van der Waals surface area contributed by atoms with Gasteiger partial charge in [-0.1, -0.05) is 25.0 Å². The average molecular weight is 416 g/mol. The highest BCUT2D eigenvalue weighted by Gasteiger charge is 2.29. The Morgan fingerprint density at radius 3 is 2.45 bits per heavy atom. The molecule has 2 aliphatic heterocycles. The van der Waals surface area contributed by atoms with Crippen molar-refractivity contribution >= 4 is 23.4 Å². The second-order valence-electron chi connectivity index (χ2n) is 8.75. The Kier molecular flexibility index (Phi) is 7.38. The molecule has 29 heavy (non-hydrogen) atoms. The molecule has 5 nitrogen and oxygen atoms in total. The number of guanidine groups is 1. The van der Waals surface area contributed by atoms with E-state index in [2.05, 4.69) is 45.6 Å². The van der Waals surface area contributed by atoms with Crippen LogP contribution in [-0.2, 0) is 0 Å². The van der Waals surface area contributed by atoms with Gasteiger partial charge in [0.15, 0.2) is 5.96 Å². The molecule has 2 atom stereocenters. The number of nitrogens with one attached hydrogen (secondary N) is 1. The molecule has 0 aromatic heterocycles. The van der Waals surface area contributed by atoms with Gasteiger partial charge in [0.2, 0.25) is 0 Å². The second kappa shape index (κ2) is 10.2. The maximum Gasteiger partial charge on any atom is 0.198 e. The van der Waals surface area contributed by atoms with Crippen LogP contribution in [0.15, 0.2) is 34.2 Å². The summed E-state index contributed by atoms with van der Waals surface area (Å²) in [6.45, 7) is 4.75. The number of aliphatic imine (C=N–C) groups is 1. The Balaban J connectivity index is 1.50. The molecule has 1 aliphatic carbocycles. The van der Waals surface area contributed by atoms with Crippen LogP contribution in [0.5, 0.6) is 0 Å². The Bertz CT molecular complexity index is 680. The van der Waals surface area contributed by atoms with Gasteiger partial charge >= 0.3 is 0 Å². The van der Waals surface area contributed by atoms with Gasteiger partial charge in [-0.25, -0.2) is 4.99 Å². The fourth-order valence-electron chi connectivity index (χ4n) is 5.07. The van der Waals surface area contributed by atoms with E-state index in [1.165, 1.54) is 56.5 Å². The number of hydrogen-bond acceptors (Lipinski definition) is 4. The summed E-state index contributed by atoms with van der Waals surface area (Å²) in [5.41, 5.74) is 7.60. The van der Waals surface area contributed by atoms with Gasteiger partial charge < -0.3 is 20.9 Å². The molecule has 0 bridgehead atoms. The van der Waals surface area contributed by atoms with Gasteiger partial charge in [0.05, 0.1) is 11.7 Å². The minimum absolute atomic E-state index is 0.193. The van der Waals surface area contributed by atoms with E-state index in [0.717, 1.165) is 43.6 Å². The summed E-state index contributed by atoms with van der Waals surface area (Å²) in [5.74, 6) is 1.04. The number of benzene rings is 1. The van der Waals surface area contributed by atoms with Crippen molar-refractivity contribution < 1.29 is 0 Å². The number of thioether (sulfide) groups is 1. The number of para-hydroxylation sites is 1. The predicted molar refractivity (Wildman–Crippen MR) is 125 cm³/mol. The normalized spacial score (nSPS) is 27.4. The zero-order valence-corrected chi connectivity index (χ0v) is 18.7. The van der Waals surface area contributed by atoms with Crippen molar-refractivity contribution in [1.82, 2.24) is 9.80 Å². The van der Waals surface area contributed by atoms with Crippen LogP contribution in [0, 0.1) is 0 Å². The molecule has 1 saturated carbocycles. The first-order valence-electron chi connectivity index (χ1n) is 11.5. The summed E-state index contributed by atoms with van der Waals surface area (Å²) in [7, 11) is 0. The quantitative estimate of drug-likeness (QED) is 0.442. The van der Waals surface area contributed by atoms with E-state index in [-0.39, 0.29) is 12.1 Å². The maximum atomic E-state index is 6.45. The molecule has 1 aromatic carbocycles. The SMILES string of the molecule is CSc1ccccc1NC(=N[C@H]1CCCC[C@@H]1N)N1CCC(N2CCCC2)CC1. The Morgan fingerprint density at radius 1 is 1.00 bits per heavy atom. The van der Waals surface area contributed by atoms with Crippen LogP contribution in [0.25, 0.3) is 0 Å². The summed E-state index contributed by atoms with van der Waals surface area (Å²) >= 11 is 1.78. The predicted octanol–water partition coefficient (Wildman–Crippen LogP) is 4.01. The van der Waals surface area contributed by atoms with Crippen molar-refractivity contribution in [2.24, 2.45) is 10.7 Å². The molecule has 2 saturated heterocycles. The van der Waals surface area contributed by atoms with Crippen molar-refractivity contribution in [3.8, 4) is 0 Å². The third-order valence-corrected chi connectivity index (χ3v) is 7.64. The Hall–Kier alpha value is -1.24. The lowest BCUT2D eigenvalue weighted by Crippen LogP contribution is -2.49. The topological polar surface area (TPSA) is 56.9 Å². The number of hydrogen-bond donors (Lipinski definition) is 2. The molecule has 3 N–H and O–H groups in total. The highest BCUT2D eigenvalue weighted by atomic mass is 32.2. The van der Waals surface area contributed by atoms with E-state index < -0.39 is 0 Å². The fraction of sp³-hybridized carbons (Fsp3) is 0.696. The molecular weight excluding hydrogens is 378 g/mol. The van der Waals surface area contributed by atoms with Gasteiger partial charge in [-0.05, 0) is 70.0 Å². The minimum Gasteiger partial charge on any atom is -0.343 e. The molecule has 0 radical (unpaired) electrons. The number of rotatable bonds is 4. The largest absolute Gasteiger partial charge is 0.343 e. The van der Waals surface area contributed by atoms with E-state index in [0.29, 0.717) is 0 Å². The lowest BCUT2D eigenvalue weighted by atomic mass is 9.91. The second-order valence-corrected chi connectivity index (χ2v) is 9.60. The zero-order valence-electron chi connectivity index (χ0n) is 17.9. The number of piperidine rings is 1. The van der Waals surface area contributed by atoms with Crippen LogP contribution in [0.3, 0.4) is 0 Å². The van der Waals surface area contributed by atoms with Crippen LogP contribution in [0.2, 0.25) is 0 Å². The van der Waals surface area contributed by atoms with Crippen molar-refractivity contribution in [3.05, 3.63) is 24.3 Å². The highest BCUT2D eigenvalue weighted by molar-refractivity contribution is 7.98. The summed E-state index contributed by atoms with van der Waals surface area (Å²) in [5, 5.41) is 3.71. The summed E-state index contributed by atoms with van der Waals surface area (Å²) < 4.78 is 0. The number of nitrogens with zero attached hydrogens (tertiary/aromatic N) is 3. The van der Waals surface area contributed by atoms with Gasteiger partial charge in [-0.2, -0.15) is 0 Å². The lowest BCUT2D eigenvalue weighted by molar-refractivity contribution is 0.163. The molecule has 0 unspecified atom stereocenters. The molecule has 3 aliphatic rings. The molecule has 0 spiro atoms. The zero-order chi connectivity index (χ0) is 20.1. The first kappa shape index (κ1) is 21.0. The van der Waals surface area contributed by atoms with Crippen LogP contribution in [-0.4, -0.2) is 66.3 Å². The maximum absolute atomic E-state index is 6.45. The molecule has 4 rings (SSSR count). The Morgan fingerprint density at radius 2 is 1.72 bits per heavy atom. The third-order valence-electron chi connectivity index (χ3n) is 6.84. The van der Waals surface area contributed by atoms with Crippen LogP contribution in [0.1, 0.15) is 51.4 Å². The van der Waals surface area contributed by atoms with Gasteiger partial charge in [0.1, 0.15) is 0 Å². The van der Waals surface area contributed by atoms with E-state index in [4.69, 9.17) is 10.7 Å². The average Bonchev–Trinajstić information content (AvgIpc) is 3.30. The molecule has 6 heteroatoms. The van der Waals surface area contributed by atoms with Crippen LogP contribution < -0.4 is 11.1 Å². The van der Waals surface area contributed by atoms with Crippen molar-refractivity contribution in [3.63, 3.8) is 0 Å². The number of nitrogens with two attached hydrogens (primary N) is 1. The van der Waals surface area contributed by atoms with E-state index in [9.17, 15) is 0 Å². The van der Waals surface area contributed by atoms with Gasteiger partial charge in [-0.15, -0.1) is 11.8 Å². The highest BCUT2D eigenvalue weighted by Crippen LogP contribution is 2.27. The third kappa shape index (κ3) is 5.28. The summed E-state index contributed by atoms with van der Waals surface area (Å²) in [6.07, 6.45) is 12.1. The molecule has 1 aromatic rings. The van der Waals surface area contributed by atoms with Crippen LogP contribution in [0.4, 0.5) is 5.69 Å². The van der Waals surface area contributed by atoms with Crippen molar-refractivity contribution in [1.29, 1.82) is 0 Å². The first-order chi connectivity index (χ1) is 14.2. The molecular formula is C23H37N5S. The fourth-order valence-corrected chi connectivity index (χ4v) is 5.62. The smallest absolute Gasteiger partial charge is 0.198 e. The Labute approximate surface area is 180 Å². The molecule has 0 amide bonds. The summed E-state index contributed by atoms with van der Waals surface area (Å²) in [4.78, 5) is 11.7.